The Hall–Kier alpha value is -1.55. The van der Waals surface area contributed by atoms with Gasteiger partial charge in [-0.05, 0) is 12.5 Å². The van der Waals surface area contributed by atoms with Crippen molar-refractivity contribution >= 4 is 5.91 Å². The fraction of sp³-hybridized carbons (Fsp3) is 0.417. The van der Waals surface area contributed by atoms with E-state index in [0.29, 0.717) is 24.2 Å². The highest BCUT2D eigenvalue weighted by atomic mass is 16.5. The predicted octanol–water partition coefficient (Wildman–Crippen LogP) is 1.25. The summed E-state index contributed by atoms with van der Waals surface area (Å²) in [6.07, 6.45) is 0.0175. The summed E-state index contributed by atoms with van der Waals surface area (Å²) in [7, 11) is 3.14. The number of hydrogen-bond donors (Lipinski definition) is 2. The second kappa shape index (κ2) is 6.12. The van der Waals surface area contributed by atoms with Gasteiger partial charge in [-0.3, -0.25) is 4.79 Å². The molecule has 1 aromatic carbocycles. The number of amides is 1. The van der Waals surface area contributed by atoms with Gasteiger partial charge in [-0.15, -0.1) is 0 Å². The molecule has 1 rings (SSSR count). The van der Waals surface area contributed by atoms with Crippen molar-refractivity contribution in [2.45, 2.75) is 18.9 Å². The highest BCUT2D eigenvalue weighted by Gasteiger charge is 2.13. The molecule has 4 heteroatoms. The molecule has 1 atom stereocenters. The smallest absolute Gasteiger partial charge is 0.219 e. The molecule has 0 spiro atoms. The van der Waals surface area contributed by atoms with Crippen molar-refractivity contribution in [2.24, 2.45) is 0 Å². The monoisotopic (exact) mass is 223 g/mol. The molecule has 1 aromatic rings. The molecule has 2 N–H and O–H groups in total. The van der Waals surface area contributed by atoms with Crippen molar-refractivity contribution in [3.63, 3.8) is 0 Å². The predicted molar refractivity (Wildman–Crippen MR) is 61.3 cm³/mol. The maximum Gasteiger partial charge on any atom is 0.219 e. The van der Waals surface area contributed by atoms with E-state index in [1.165, 1.54) is 0 Å². The van der Waals surface area contributed by atoms with Crippen LogP contribution in [0.25, 0.3) is 0 Å². The summed E-state index contributed by atoms with van der Waals surface area (Å²) in [5, 5.41) is 12.4. The third kappa shape index (κ3) is 3.24. The van der Waals surface area contributed by atoms with Gasteiger partial charge in [0.15, 0.2) is 0 Å². The van der Waals surface area contributed by atoms with Crippen LogP contribution in [0.5, 0.6) is 5.75 Å². The van der Waals surface area contributed by atoms with Crippen LogP contribution in [0.1, 0.15) is 24.5 Å². The van der Waals surface area contributed by atoms with Crippen LogP contribution in [0.3, 0.4) is 0 Å². The van der Waals surface area contributed by atoms with Gasteiger partial charge in [-0.1, -0.05) is 18.2 Å². The quantitative estimate of drug-likeness (QED) is 0.790. The van der Waals surface area contributed by atoms with Crippen LogP contribution in [0, 0.1) is 0 Å². The summed E-state index contributed by atoms with van der Waals surface area (Å²) in [5.74, 6) is 0.570. The van der Waals surface area contributed by atoms with Crippen LogP contribution < -0.4 is 10.1 Å². The molecule has 0 aliphatic heterocycles. The Kier molecular flexibility index (Phi) is 4.79. The van der Waals surface area contributed by atoms with Crippen molar-refractivity contribution in [3.8, 4) is 5.75 Å². The van der Waals surface area contributed by atoms with Crippen molar-refractivity contribution in [1.29, 1.82) is 0 Å². The fourth-order valence-electron chi connectivity index (χ4n) is 1.49. The van der Waals surface area contributed by atoms with Gasteiger partial charge in [0.25, 0.3) is 0 Å². The lowest BCUT2D eigenvalue weighted by molar-refractivity contribution is -0.121. The Morgan fingerprint density at radius 3 is 2.81 bits per heavy atom. The number of carbonyl (C=O) groups excluding carboxylic acids is 1. The molecule has 0 bridgehead atoms. The van der Waals surface area contributed by atoms with Gasteiger partial charge >= 0.3 is 0 Å². The second-order valence-electron chi connectivity index (χ2n) is 3.47. The zero-order chi connectivity index (χ0) is 12.0. The molecular formula is C12H17NO3. The summed E-state index contributed by atoms with van der Waals surface area (Å²) in [5.41, 5.74) is 0.717. The zero-order valence-corrected chi connectivity index (χ0v) is 9.56. The Bertz CT molecular complexity index is 352. The Morgan fingerprint density at radius 2 is 2.19 bits per heavy atom. The van der Waals surface area contributed by atoms with Gasteiger partial charge in [0.2, 0.25) is 5.91 Å². The minimum atomic E-state index is -0.673. The van der Waals surface area contributed by atoms with Gasteiger partial charge in [-0.2, -0.15) is 0 Å². The van der Waals surface area contributed by atoms with E-state index < -0.39 is 6.10 Å². The van der Waals surface area contributed by atoms with Crippen LogP contribution >= 0.6 is 0 Å². The Balaban J connectivity index is 2.65. The first-order valence-electron chi connectivity index (χ1n) is 5.20. The highest BCUT2D eigenvalue weighted by molar-refractivity contribution is 5.75. The number of rotatable bonds is 5. The van der Waals surface area contributed by atoms with Gasteiger partial charge < -0.3 is 15.2 Å². The standard InChI is InChI=1S/C12H17NO3/c1-13-12(15)8-7-10(14)9-5-3-4-6-11(9)16-2/h3-6,10,14H,7-8H2,1-2H3,(H,13,15). The van der Waals surface area contributed by atoms with E-state index in [4.69, 9.17) is 4.74 Å². The number of aliphatic hydroxyl groups excluding tert-OH is 1. The largest absolute Gasteiger partial charge is 0.496 e. The zero-order valence-electron chi connectivity index (χ0n) is 9.56. The molecule has 0 saturated heterocycles. The summed E-state index contributed by atoms with van der Waals surface area (Å²) < 4.78 is 5.14. The number of para-hydroxylation sites is 1. The summed E-state index contributed by atoms with van der Waals surface area (Å²) in [4.78, 5) is 11.0. The third-order valence-electron chi connectivity index (χ3n) is 2.42. The number of methoxy groups -OCH3 is 1. The molecular weight excluding hydrogens is 206 g/mol. The van der Waals surface area contributed by atoms with Crippen molar-refractivity contribution < 1.29 is 14.6 Å². The molecule has 1 unspecified atom stereocenters. The topological polar surface area (TPSA) is 58.6 Å². The lowest BCUT2D eigenvalue weighted by Gasteiger charge is -2.14. The molecule has 0 fully saturated rings. The fourth-order valence-corrected chi connectivity index (χ4v) is 1.49. The molecule has 0 saturated carbocycles. The van der Waals surface area contributed by atoms with E-state index >= 15 is 0 Å². The van der Waals surface area contributed by atoms with Crippen LogP contribution in [-0.4, -0.2) is 25.2 Å². The molecule has 88 valence electrons. The number of nitrogens with one attached hydrogen (secondary N) is 1. The summed E-state index contributed by atoms with van der Waals surface area (Å²) in [6.45, 7) is 0. The van der Waals surface area contributed by atoms with E-state index in [9.17, 15) is 9.90 Å². The van der Waals surface area contributed by atoms with Crippen LogP contribution in [0.15, 0.2) is 24.3 Å². The maximum atomic E-state index is 11.0. The number of carbonyl (C=O) groups is 1. The number of aliphatic hydroxyl groups is 1. The van der Waals surface area contributed by atoms with Crippen molar-refractivity contribution in [1.82, 2.24) is 5.32 Å². The lowest BCUT2D eigenvalue weighted by atomic mass is 10.0. The van der Waals surface area contributed by atoms with E-state index in [2.05, 4.69) is 5.32 Å². The van der Waals surface area contributed by atoms with Crippen LogP contribution in [-0.2, 0) is 4.79 Å². The van der Waals surface area contributed by atoms with Crippen LogP contribution in [0.4, 0.5) is 0 Å². The van der Waals surface area contributed by atoms with Crippen LogP contribution in [0.2, 0.25) is 0 Å². The van der Waals surface area contributed by atoms with E-state index in [1.807, 2.05) is 12.1 Å². The van der Waals surface area contributed by atoms with Crippen molar-refractivity contribution in [2.75, 3.05) is 14.2 Å². The molecule has 0 aromatic heterocycles. The van der Waals surface area contributed by atoms with Gasteiger partial charge in [0.1, 0.15) is 5.75 Å². The SMILES string of the molecule is CNC(=O)CCC(O)c1ccccc1OC. The van der Waals surface area contributed by atoms with Gasteiger partial charge in [0, 0.05) is 19.0 Å². The molecule has 0 heterocycles. The van der Waals surface area contributed by atoms with E-state index in [0.717, 1.165) is 0 Å². The molecule has 4 nitrogen and oxygen atoms in total. The number of hydrogen-bond acceptors (Lipinski definition) is 3. The van der Waals surface area contributed by atoms with Gasteiger partial charge in [0.05, 0.1) is 13.2 Å². The van der Waals surface area contributed by atoms with E-state index in [1.54, 1.807) is 26.3 Å². The first-order valence-corrected chi connectivity index (χ1v) is 5.20. The van der Waals surface area contributed by atoms with Gasteiger partial charge in [-0.25, -0.2) is 0 Å². The minimum Gasteiger partial charge on any atom is -0.496 e. The Morgan fingerprint density at radius 1 is 1.50 bits per heavy atom. The molecule has 1 amide bonds. The summed E-state index contributed by atoms with van der Waals surface area (Å²) in [6, 6.07) is 7.26. The first-order chi connectivity index (χ1) is 7.69. The average molecular weight is 223 g/mol. The summed E-state index contributed by atoms with van der Waals surface area (Å²) >= 11 is 0. The lowest BCUT2D eigenvalue weighted by Crippen LogP contribution is -2.18. The minimum absolute atomic E-state index is 0.0750. The maximum absolute atomic E-state index is 11.0. The number of ether oxygens (including phenoxy) is 1. The molecule has 0 aliphatic carbocycles. The van der Waals surface area contributed by atoms with Crippen molar-refractivity contribution in [3.05, 3.63) is 29.8 Å². The molecule has 0 radical (unpaired) electrons. The Labute approximate surface area is 95.2 Å². The number of benzene rings is 1. The average Bonchev–Trinajstić information content (AvgIpc) is 2.35. The highest BCUT2D eigenvalue weighted by Crippen LogP contribution is 2.27. The third-order valence-corrected chi connectivity index (χ3v) is 2.42. The normalized spacial score (nSPS) is 11.9. The van der Waals surface area contributed by atoms with E-state index in [-0.39, 0.29) is 5.91 Å². The second-order valence-corrected chi connectivity index (χ2v) is 3.47. The molecule has 0 aliphatic rings. The molecule has 16 heavy (non-hydrogen) atoms. The first kappa shape index (κ1) is 12.5.